The van der Waals surface area contributed by atoms with Gasteiger partial charge in [0, 0.05) is 12.2 Å². The fraction of sp³-hybridized carbons (Fsp3) is 0.385. The molecule has 18 heavy (non-hydrogen) atoms. The largest absolute Gasteiger partial charge is 0.398 e. The van der Waals surface area contributed by atoms with Gasteiger partial charge in [0.2, 0.25) is 5.91 Å². The van der Waals surface area contributed by atoms with Gasteiger partial charge in [0.1, 0.15) is 0 Å². The lowest BCUT2D eigenvalue weighted by Gasteiger charge is -2.21. The minimum atomic E-state index is -0.783. The van der Waals surface area contributed by atoms with Crippen LogP contribution >= 0.6 is 0 Å². The van der Waals surface area contributed by atoms with Gasteiger partial charge in [-0.3, -0.25) is 9.59 Å². The zero-order valence-corrected chi connectivity index (χ0v) is 10.9. The summed E-state index contributed by atoms with van der Waals surface area (Å²) in [6, 6.07) is 5.24. The van der Waals surface area contributed by atoms with E-state index in [4.69, 9.17) is 11.5 Å². The molecule has 0 radical (unpaired) electrons. The first-order valence-electron chi connectivity index (χ1n) is 5.69. The number of rotatable bonds is 4. The van der Waals surface area contributed by atoms with Crippen molar-refractivity contribution in [2.75, 3.05) is 12.3 Å². The van der Waals surface area contributed by atoms with Gasteiger partial charge in [-0.25, -0.2) is 0 Å². The van der Waals surface area contributed by atoms with Crippen molar-refractivity contribution in [2.24, 2.45) is 11.1 Å². The molecule has 0 aliphatic heterocycles. The normalized spacial score (nSPS) is 11.1. The molecular formula is C13H19N3O2. The van der Waals surface area contributed by atoms with E-state index in [1.165, 1.54) is 0 Å². The zero-order chi connectivity index (χ0) is 13.9. The standard InChI is InChI=1S/C13H19N3O2/c1-8-5-4-6-9(10(8)14)11(17)16-7-13(2,3)12(15)18/h4-6H,7,14H2,1-3H3,(H2,15,18)(H,16,17). The lowest BCUT2D eigenvalue weighted by Crippen LogP contribution is -2.42. The summed E-state index contributed by atoms with van der Waals surface area (Å²) in [6.07, 6.45) is 0. The molecule has 98 valence electrons. The first kappa shape index (κ1) is 14.0. The number of primary amides is 1. The summed E-state index contributed by atoms with van der Waals surface area (Å²) in [4.78, 5) is 23.1. The molecule has 0 saturated heterocycles. The molecule has 5 N–H and O–H groups in total. The number of anilines is 1. The molecule has 2 amide bonds. The molecule has 1 rings (SSSR count). The van der Waals surface area contributed by atoms with Crippen molar-refractivity contribution in [2.45, 2.75) is 20.8 Å². The predicted octanol–water partition coefficient (Wildman–Crippen LogP) is 0.819. The number of aryl methyl sites for hydroxylation is 1. The molecule has 0 saturated carbocycles. The average molecular weight is 249 g/mol. The Kier molecular flexibility index (Phi) is 3.96. The number of carbonyl (C=O) groups excluding carboxylic acids is 2. The predicted molar refractivity (Wildman–Crippen MR) is 70.9 cm³/mol. The number of amides is 2. The van der Waals surface area contributed by atoms with E-state index in [-0.39, 0.29) is 12.5 Å². The molecule has 0 aliphatic carbocycles. The molecule has 0 aliphatic rings. The van der Waals surface area contributed by atoms with E-state index in [1.807, 2.05) is 13.0 Å². The van der Waals surface area contributed by atoms with Crippen LogP contribution < -0.4 is 16.8 Å². The van der Waals surface area contributed by atoms with E-state index in [9.17, 15) is 9.59 Å². The van der Waals surface area contributed by atoms with Crippen LogP contribution in [-0.4, -0.2) is 18.4 Å². The Balaban J connectivity index is 2.78. The van der Waals surface area contributed by atoms with Gasteiger partial charge in [-0.2, -0.15) is 0 Å². The first-order chi connectivity index (χ1) is 8.25. The number of para-hydroxylation sites is 1. The molecule has 0 fully saturated rings. The van der Waals surface area contributed by atoms with Gasteiger partial charge in [-0.05, 0) is 32.4 Å². The first-order valence-corrected chi connectivity index (χ1v) is 5.69. The van der Waals surface area contributed by atoms with Crippen LogP contribution in [0.1, 0.15) is 29.8 Å². The minimum absolute atomic E-state index is 0.175. The Morgan fingerprint density at radius 2 is 1.94 bits per heavy atom. The number of benzene rings is 1. The summed E-state index contributed by atoms with van der Waals surface area (Å²) < 4.78 is 0. The Labute approximate surface area is 107 Å². The van der Waals surface area contributed by atoms with Crippen molar-refractivity contribution >= 4 is 17.5 Å². The van der Waals surface area contributed by atoms with Gasteiger partial charge in [-0.1, -0.05) is 12.1 Å². The molecule has 0 unspecified atom stereocenters. The van der Waals surface area contributed by atoms with Crippen molar-refractivity contribution in [1.82, 2.24) is 5.32 Å². The molecule has 1 aromatic rings. The summed E-state index contributed by atoms with van der Waals surface area (Å²) in [6.45, 7) is 5.36. The number of carbonyl (C=O) groups is 2. The zero-order valence-electron chi connectivity index (χ0n) is 10.9. The van der Waals surface area contributed by atoms with Crippen molar-refractivity contribution in [3.8, 4) is 0 Å². The lowest BCUT2D eigenvalue weighted by atomic mass is 9.92. The number of nitrogens with two attached hydrogens (primary N) is 2. The van der Waals surface area contributed by atoms with E-state index in [2.05, 4.69) is 5.32 Å². The highest BCUT2D eigenvalue weighted by Gasteiger charge is 2.25. The second-order valence-corrected chi connectivity index (χ2v) is 4.97. The summed E-state index contributed by atoms with van der Waals surface area (Å²) in [5.74, 6) is -0.759. The van der Waals surface area contributed by atoms with Crippen molar-refractivity contribution in [3.05, 3.63) is 29.3 Å². The van der Waals surface area contributed by atoms with Crippen LogP contribution in [0, 0.1) is 12.3 Å². The molecule has 5 nitrogen and oxygen atoms in total. The van der Waals surface area contributed by atoms with Crippen LogP contribution in [0.25, 0.3) is 0 Å². The topological polar surface area (TPSA) is 98.2 Å². The second-order valence-electron chi connectivity index (χ2n) is 4.97. The van der Waals surface area contributed by atoms with Crippen LogP contribution in [-0.2, 0) is 4.79 Å². The third-order valence-corrected chi connectivity index (χ3v) is 2.93. The van der Waals surface area contributed by atoms with Gasteiger partial charge in [0.05, 0.1) is 11.0 Å². The van der Waals surface area contributed by atoms with Crippen molar-refractivity contribution < 1.29 is 9.59 Å². The Morgan fingerprint density at radius 1 is 1.33 bits per heavy atom. The van der Waals surface area contributed by atoms with Crippen LogP contribution in [0.2, 0.25) is 0 Å². The van der Waals surface area contributed by atoms with Gasteiger partial charge in [0.25, 0.3) is 5.91 Å². The third kappa shape index (κ3) is 3.00. The smallest absolute Gasteiger partial charge is 0.253 e. The summed E-state index contributed by atoms with van der Waals surface area (Å²) in [5.41, 5.74) is 12.0. The number of nitrogen functional groups attached to an aromatic ring is 1. The highest BCUT2D eigenvalue weighted by Crippen LogP contribution is 2.17. The summed E-state index contributed by atoms with van der Waals surface area (Å²) in [5, 5.41) is 2.67. The fourth-order valence-corrected chi connectivity index (χ4v) is 1.36. The molecule has 5 heteroatoms. The molecule has 1 aromatic carbocycles. The average Bonchev–Trinajstić information content (AvgIpc) is 2.29. The fourth-order valence-electron chi connectivity index (χ4n) is 1.36. The van der Waals surface area contributed by atoms with E-state index in [0.29, 0.717) is 11.3 Å². The van der Waals surface area contributed by atoms with E-state index in [1.54, 1.807) is 26.0 Å². The number of hydrogen-bond acceptors (Lipinski definition) is 3. The quantitative estimate of drug-likeness (QED) is 0.689. The molecule has 0 spiro atoms. The molecule has 0 heterocycles. The lowest BCUT2D eigenvalue weighted by molar-refractivity contribution is -0.125. The summed E-state index contributed by atoms with van der Waals surface area (Å²) in [7, 11) is 0. The molecule has 0 aromatic heterocycles. The van der Waals surface area contributed by atoms with Crippen LogP contribution in [0.5, 0.6) is 0 Å². The minimum Gasteiger partial charge on any atom is -0.398 e. The van der Waals surface area contributed by atoms with Gasteiger partial charge < -0.3 is 16.8 Å². The third-order valence-electron chi connectivity index (χ3n) is 2.93. The molecule has 0 bridgehead atoms. The highest BCUT2D eigenvalue weighted by molar-refractivity contribution is 6.00. The number of nitrogens with one attached hydrogen (secondary N) is 1. The van der Waals surface area contributed by atoms with Crippen LogP contribution in [0.3, 0.4) is 0 Å². The SMILES string of the molecule is Cc1cccc(C(=O)NCC(C)(C)C(N)=O)c1N. The van der Waals surface area contributed by atoms with Gasteiger partial charge >= 0.3 is 0 Å². The van der Waals surface area contributed by atoms with Crippen molar-refractivity contribution in [1.29, 1.82) is 0 Å². The van der Waals surface area contributed by atoms with E-state index in [0.717, 1.165) is 5.56 Å². The monoisotopic (exact) mass is 249 g/mol. The van der Waals surface area contributed by atoms with E-state index >= 15 is 0 Å². The van der Waals surface area contributed by atoms with Crippen molar-refractivity contribution in [3.63, 3.8) is 0 Å². The highest BCUT2D eigenvalue weighted by atomic mass is 16.2. The van der Waals surface area contributed by atoms with Gasteiger partial charge in [0.15, 0.2) is 0 Å². The van der Waals surface area contributed by atoms with E-state index < -0.39 is 11.3 Å². The second kappa shape index (κ2) is 5.08. The Bertz CT molecular complexity index is 481. The maximum absolute atomic E-state index is 11.9. The Hall–Kier alpha value is -2.04. The van der Waals surface area contributed by atoms with Crippen LogP contribution in [0.15, 0.2) is 18.2 Å². The maximum atomic E-state index is 11.9. The maximum Gasteiger partial charge on any atom is 0.253 e. The number of hydrogen-bond donors (Lipinski definition) is 3. The molecule has 0 atom stereocenters. The van der Waals surface area contributed by atoms with Crippen LogP contribution in [0.4, 0.5) is 5.69 Å². The Morgan fingerprint density at radius 3 is 2.50 bits per heavy atom. The summed E-state index contributed by atoms with van der Waals surface area (Å²) >= 11 is 0. The molecular weight excluding hydrogens is 230 g/mol. The van der Waals surface area contributed by atoms with Gasteiger partial charge in [-0.15, -0.1) is 0 Å².